The van der Waals surface area contributed by atoms with E-state index in [-0.39, 0.29) is 12.2 Å². The number of nitrogens with zero attached hydrogens (tertiary/aromatic N) is 1. The normalized spacial score (nSPS) is 21.1. The number of amidine groups is 1. The molecule has 126 valence electrons. The Kier molecular flexibility index (Phi) is 5.40. The fourth-order valence-electron chi connectivity index (χ4n) is 2.83. The number of benzene rings is 1. The zero-order valence-corrected chi connectivity index (χ0v) is 13.4. The number of rotatable bonds is 7. The number of nitrogens with two attached hydrogens (primary N) is 1. The van der Waals surface area contributed by atoms with Crippen LogP contribution in [0.3, 0.4) is 0 Å². The van der Waals surface area contributed by atoms with E-state index in [2.05, 4.69) is 22.1 Å². The highest BCUT2D eigenvalue weighted by Gasteiger charge is 2.27. The van der Waals surface area contributed by atoms with Gasteiger partial charge in [0.15, 0.2) is 0 Å². The van der Waals surface area contributed by atoms with E-state index >= 15 is 0 Å². The molecule has 0 saturated carbocycles. The molecule has 2 atom stereocenters. The number of aromatic amines is 1. The third-order valence-corrected chi connectivity index (χ3v) is 4.06. The number of aliphatic imine (C=N–C) groups is 1. The van der Waals surface area contributed by atoms with Crippen molar-refractivity contribution in [1.82, 2.24) is 4.98 Å². The van der Waals surface area contributed by atoms with Crippen molar-refractivity contribution in [3.63, 3.8) is 0 Å². The minimum Gasteiger partial charge on any atom is -0.382 e. The molecule has 0 bridgehead atoms. The number of ether oxygens (including phenoxy) is 2. The van der Waals surface area contributed by atoms with Crippen LogP contribution < -0.4 is 5.73 Å². The smallest absolute Gasteiger partial charge is 0.148 e. The molecule has 24 heavy (non-hydrogen) atoms. The van der Waals surface area contributed by atoms with Gasteiger partial charge in [-0.05, 0) is 30.5 Å². The number of hydrogen-bond donors (Lipinski definition) is 3. The molecule has 1 aromatic carbocycles. The lowest BCUT2D eigenvalue weighted by Crippen LogP contribution is -2.15. The lowest BCUT2D eigenvalue weighted by atomic mass is 10.1. The Balaban J connectivity index is 1.48. The summed E-state index contributed by atoms with van der Waals surface area (Å²) in [6.45, 7) is 1.20. The first kappa shape index (κ1) is 16.4. The van der Waals surface area contributed by atoms with Gasteiger partial charge in [0.1, 0.15) is 12.2 Å². The Hall–Kier alpha value is -2.44. The van der Waals surface area contributed by atoms with Crippen LogP contribution in [0.25, 0.3) is 0 Å². The van der Waals surface area contributed by atoms with Crippen LogP contribution in [-0.4, -0.2) is 29.9 Å². The Morgan fingerprint density at radius 1 is 1.29 bits per heavy atom. The first-order valence-electron chi connectivity index (χ1n) is 8.05. The van der Waals surface area contributed by atoms with Crippen molar-refractivity contribution >= 4 is 12.2 Å². The van der Waals surface area contributed by atoms with Crippen molar-refractivity contribution in [2.75, 3.05) is 6.61 Å². The Bertz CT molecular complexity index is 696. The lowest BCUT2D eigenvalue weighted by Gasteiger charge is -2.13. The predicted molar refractivity (Wildman–Crippen MR) is 93.2 cm³/mol. The standard InChI is InChI=1S/C18H22N4O2/c19-12-21-18(20)16-8-7-15(22-16)17-9-6-14(24-17)11-23-10-13-4-2-1-3-5-13/h1-5,7-8,12,14,17,22H,6,9-11H2,(H3,19,20,21). The molecule has 0 aliphatic carbocycles. The minimum absolute atomic E-state index is 0.0249. The van der Waals surface area contributed by atoms with Crippen molar-refractivity contribution in [1.29, 1.82) is 5.41 Å². The summed E-state index contributed by atoms with van der Waals surface area (Å²) in [5.41, 5.74) is 8.64. The largest absolute Gasteiger partial charge is 0.382 e. The van der Waals surface area contributed by atoms with Gasteiger partial charge in [0.05, 0.1) is 31.1 Å². The molecule has 1 fully saturated rings. The van der Waals surface area contributed by atoms with Crippen LogP contribution >= 0.6 is 0 Å². The Morgan fingerprint density at radius 2 is 2.12 bits per heavy atom. The molecule has 0 radical (unpaired) electrons. The van der Waals surface area contributed by atoms with Gasteiger partial charge in [-0.1, -0.05) is 30.3 Å². The second-order valence-corrected chi connectivity index (χ2v) is 5.80. The van der Waals surface area contributed by atoms with Gasteiger partial charge in [-0.15, -0.1) is 0 Å². The SMILES string of the molecule is N=C/N=C(/N)c1ccc(C2CCC(COCc3ccccc3)O2)[nH]1. The van der Waals surface area contributed by atoms with E-state index in [0.29, 0.717) is 24.7 Å². The quantitative estimate of drug-likeness (QED) is 0.539. The maximum atomic E-state index is 6.96. The van der Waals surface area contributed by atoms with Gasteiger partial charge in [0, 0.05) is 5.69 Å². The van der Waals surface area contributed by atoms with E-state index in [1.165, 1.54) is 5.56 Å². The minimum atomic E-state index is 0.0249. The summed E-state index contributed by atoms with van der Waals surface area (Å²) < 4.78 is 11.8. The van der Waals surface area contributed by atoms with Gasteiger partial charge >= 0.3 is 0 Å². The van der Waals surface area contributed by atoms with Gasteiger partial charge in [0.2, 0.25) is 0 Å². The van der Waals surface area contributed by atoms with Crippen molar-refractivity contribution in [3.05, 3.63) is 59.4 Å². The molecule has 0 amide bonds. The molecule has 1 aromatic heterocycles. The van der Waals surface area contributed by atoms with Gasteiger partial charge in [0.25, 0.3) is 0 Å². The van der Waals surface area contributed by atoms with Crippen LogP contribution in [0.4, 0.5) is 0 Å². The summed E-state index contributed by atoms with van der Waals surface area (Å²) in [4.78, 5) is 6.98. The molecular weight excluding hydrogens is 304 g/mol. The molecular formula is C18H22N4O2. The first-order valence-corrected chi connectivity index (χ1v) is 8.05. The monoisotopic (exact) mass is 326 g/mol. The van der Waals surface area contributed by atoms with Crippen LogP contribution in [0, 0.1) is 5.41 Å². The summed E-state index contributed by atoms with van der Waals surface area (Å²) in [6.07, 6.45) is 2.98. The van der Waals surface area contributed by atoms with Crippen molar-refractivity contribution < 1.29 is 9.47 Å². The number of nitrogens with one attached hydrogen (secondary N) is 2. The summed E-state index contributed by atoms with van der Waals surface area (Å²) in [7, 11) is 0. The van der Waals surface area contributed by atoms with Gasteiger partial charge in [-0.3, -0.25) is 5.41 Å². The fourth-order valence-corrected chi connectivity index (χ4v) is 2.83. The van der Waals surface area contributed by atoms with E-state index < -0.39 is 0 Å². The van der Waals surface area contributed by atoms with Crippen LogP contribution in [0.1, 0.15) is 35.9 Å². The van der Waals surface area contributed by atoms with E-state index in [1.807, 2.05) is 30.3 Å². The van der Waals surface area contributed by atoms with Gasteiger partial charge < -0.3 is 20.2 Å². The number of H-pyrrole nitrogens is 1. The summed E-state index contributed by atoms with van der Waals surface area (Å²) >= 11 is 0. The van der Waals surface area contributed by atoms with Crippen LogP contribution in [0.2, 0.25) is 0 Å². The van der Waals surface area contributed by atoms with E-state index in [1.54, 1.807) is 0 Å². The maximum absolute atomic E-state index is 6.96. The Labute approximate surface area is 141 Å². The molecule has 4 N–H and O–H groups in total. The van der Waals surface area contributed by atoms with Crippen molar-refractivity contribution in [2.45, 2.75) is 31.7 Å². The summed E-state index contributed by atoms with van der Waals surface area (Å²) in [5, 5.41) is 6.96. The molecule has 1 saturated heterocycles. The molecule has 2 aromatic rings. The highest BCUT2D eigenvalue weighted by Crippen LogP contribution is 2.32. The highest BCUT2D eigenvalue weighted by molar-refractivity contribution is 5.99. The van der Waals surface area contributed by atoms with E-state index in [0.717, 1.165) is 24.9 Å². The third kappa shape index (κ3) is 4.10. The lowest BCUT2D eigenvalue weighted by molar-refractivity contribution is -0.0215. The molecule has 2 unspecified atom stereocenters. The molecule has 1 aliphatic heterocycles. The topological polar surface area (TPSA) is 96.5 Å². The average Bonchev–Trinajstić information content (AvgIpc) is 3.25. The van der Waals surface area contributed by atoms with Crippen LogP contribution in [-0.2, 0) is 16.1 Å². The highest BCUT2D eigenvalue weighted by atomic mass is 16.5. The van der Waals surface area contributed by atoms with Crippen LogP contribution in [0.5, 0.6) is 0 Å². The second-order valence-electron chi connectivity index (χ2n) is 5.80. The van der Waals surface area contributed by atoms with E-state index in [9.17, 15) is 0 Å². The molecule has 6 heteroatoms. The summed E-state index contributed by atoms with van der Waals surface area (Å²) in [6, 6.07) is 13.9. The summed E-state index contributed by atoms with van der Waals surface area (Å²) in [5.74, 6) is 0.303. The van der Waals surface area contributed by atoms with Crippen molar-refractivity contribution in [2.24, 2.45) is 10.7 Å². The molecule has 2 heterocycles. The molecule has 1 aliphatic rings. The van der Waals surface area contributed by atoms with Gasteiger partial charge in [-0.25, -0.2) is 4.99 Å². The average molecular weight is 326 g/mol. The molecule has 0 spiro atoms. The second kappa shape index (κ2) is 7.90. The predicted octanol–water partition coefficient (Wildman–Crippen LogP) is 2.76. The molecule has 6 nitrogen and oxygen atoms in total. The fraction of sp³-hybridized carbons (Fsp3) is 0.333. The molecule has 3 rings (SSSR count). The Morgan fingerprint density at radius 3 is 2.92 bits per heavy atom. The zero-order valence-electron chi connectivity index (χ0n) is 13.4. The van der Waals surface area contributed by atoms with Crippen LogP contribution in [0.15, 0.2) is 47.5 Å². The van der Waals surface area contributed by atoms with E-state index in [4.69, 9.17) is 20.6 Å². The number of aromatic nitrogens is 1. The zero-order chi connectivity index (χ0) is 16.8. The first-order chi connectivity index (χ1) is 11.8. The van der Waals surface area contributed by atoms with Gasteiger partial charge in [-0.2, -0.15) is 0 Å². The maximum Gasteiger partial charge on any atom is 0.148 e. The van der Waals surface area contributed by atoms with Crippen molar-refractivity contribution in [3.8, 4) is 0 Å². The number of hydrogen-bond acceptors (Lipinski definition) is 3. The third-order valence-electron chi connectivity index (χ3n) is 4.06.